The average Bonchev–Trinajstić information content (AvgIpc) is 2.62. The van der Waals surface area contributed by atoms with Gasteiger partial charge in [-0.05, 0) is 31.6 Å². The van der Waals surface area contributed by atoms with Crippen LogP contribution in [0.3, 0.4) is 0 Å². The molecular weight excluding hydrogens is 350 g/mol. The van der Waals surface area contributed by atoms with Gasteiger partial charge in [-0.3, -0.25) is 9.59 Å². The number of rotatable bonds is 12. The average molecular weight is 383 g/mol. The van der Waals surface area contributed by atoms with Gasteiger partial charge in [-0.15, -0.1) is 0 Å². The molecule has 7 heteroatoms. The van der Waals surface area contributed by atoms with Gasteiger partial charge in [-0.2, -0.15) is 0 Å². The second kappa shape index (κ2) is 12.6. The summed E-state index contributed by atoms with van der Waals surface area (Å²) < 4.78 is 10.8. The minimum absolute atomic E-state index is 0.0316. The molecule has 0 aromatic heterocycles. The first-order valence-corrected chi connectivity index (χ1v) is 9.66. The van der Waals surface area contributed by atoms with Crippen LogP contribution in [0.2, 0.25) is 0 Å². The van der Waals surface area contributed by atoms with Crippen molar-refractivity contribution in [3.63, 3.8) is 0 Å². The number of hydrogen-bond donors (Lipinski definition) is 2. The van der Waals surface area contributed by atoms with Crippen molar-refractivity contribution in [2.24, 2.45) is 11.3 Å². The van der Waals surface area contributed by atoms with E-state index >= 15 is 0 Å². The summed E-state index contributed by atoms with van der Waals surface area (Å²) in [6, 6.07) is -0.381. The van der Waals surface area contributed by atoms with Crippen LogP contribution in [0.15, 0.2) is 12.2 Å². The minimum Gasteiger partial charge on any atom is -0.481 e. The normalized spacial score (nSPS) is 25.0. The number of nitrogens with one attached hydrogen (secondary N) is 1. The van der Waals surface area contributed by atoms with E-state index in [1.54, 1.807) is 0 Å². The van der Waals surface area contributed by atoms with Crippen LogP contribution >= 0.6 is 0 Å². The van der Waals surface area contributed by atoms with Crippen molar-refractivity contribution in [3.8, 4) is 0 Å². The highest BCUT2D eigenvalue weighted by molar-refractivity contribution is 5.82. The van der Waals surface area contributed by atoms with E-state index in [4.69, 9.17) is 14.6 Å². The third-order valence-electron chi connectivity index (χ3n) is 4.84. The molecule has 0 spiro atoms. The zero-order valence-electron chi connectivity index (χ0n) is 16.4. The number of carboxylic acid groups (broad SMARTS) is 1. The third kappa shape index (κ3) is 9.68. The summed E-state index contributed by atoms with van der Waals surface area (Å²) in [6.07, 6.45) is 8.74. The lowest BCUT2D eigenvalue weighted by molar-refractivity contribution is -0.139. The summed E-state index contributed by atoms with van der Waals surface area (Å²) in [5.41, 5.74) is -0.457. The smallest absolute Gasteiger partial charge is 0.305 e. The van der Waals surface area contributed by atoms with Crippen molar-refractivity contribution in [2.45, 2.75) is 58.4 Å². The summed E-state index contributed by atoms with van der Waals surface area (Å²) in [5, 5.41) is 11.7. The maximum Gasteiger partial charge on any atom is 0.305 e. The molecule has 0 saturated heterocycles. The van der Waals surface area contributed by atoms with Crippen molar-refractivity contribution in [2.75, 3.05) is 26.4 Å². The Balaban J connectivity index is 2.60. The standard InChI is InChI=1S/C20H33NO6/c1-16-6-3-4-9-20(2,10-7-16)19(25)21-17(14-26-12-5-11-22)15-27-13-8-18(23)24/h3,6,11,16-17H,4-5,7-10,12-15H2,1-2H3,(H,21,25)(H,23,24)/b6-3+. The first-order valence-electron chi connectivity index (χ1n) is 9.66. The Hall–Kier alpha value is -1.73. The van der Waals surface area contributed by atoms with Crippen LogP contribution in [0.5, 0.6) is 0 Å². The lowest BCUT2D eigenvalue weighted by atomic mass is 9.76. The summed E-state index contributed by atoms with van der Waals surface area (Å²) in [5.74, 6) is -0.503. The van der Waals surface area contributed by atoms with Crippen molar-refractivity contribution in [1.82, 2.24) is 5.32 Å². The van der Waals surface area contributed by atoms with Gasteiger partial charge in [0, 0.05) is 11.8 Å². The van der Waals surface area contributed by atoms with Gasteiger partial charge in [0.2, 0.25) is 5.91 Å². The van der Waals surface area contributed by atoms with E-state index < -0.39 is 11.4 Å². The molecule has 0 bridgehead atoms. The van der Waals surface area contributed by atoms with E-state index in [2.05, 4.69) is 24.4 Å². The fourth-order valence-corrected chi connectivity index (χ4v) is 2.96. The zero-order chi connectivity index (χ0) is 20.1. The third-order valence-corrected chi connectivity index (χ3v) is 4.84. The number of allylic oxidation sites excluding steroid dienone is 2. The molecule has 1 rings (SSSR count). The van der Waals surface area contributed by atoms with E-state index in [9.17, 15) is 14.4 Å². The second-order valence-corrected chi connectivity index (χ2v) is 7.46. The van der Waals surface area contributed by atoms with Crippen molar-refractivity contribution in [1.29, 1.82) is 0 Å². The van der Waals surface area contributed by atoms with Gasteiger partial charge in [0.25, 0.3) is 0 Å². The predicted molar refractivity (Wildman–Crippen MR) is 101 cm³/mol. The summed E-state index contributed by atoms with van der Waals surface area (Å²) in [6.45, 7) is 4.90. The Kier molecular flexibility index (Phi) is 10.9. The van der Waals surface area contributed by atoms with Crippen LogP contribution in [0.4, 0.5) is 0 Å². The fourth-order valence-electron chi connectivity index (χ4n) is 2.96. The number of carbonyl (C=O) groups excluding carboxylic acids is 2. The van der Waals surface area contributed by atoms with Gasteiger partial charge in [-0.25, -0.2) is 0 Å². The molecule has 0 aromatic carbocycles. The molecule has 7 nitrogen and oxygen atoms in total. The van der Waals surface area contributed by atoms with Crippen LogP contribution in [0.1, 0.15) is 52.4 Å². The monoisotopic (exact) mass is 383 g/mol. The number of amides is 1. The van der Waals surface area contributed by atoms with Gasteiger partial charge in [0.05, 0.1) is 38.9 Å². The highest BCUT2D eigenvalue weighted by Gasteiger charge is 2.34. The van der Waals surface area contributed by atoms with E-state index in [0.29, 0.717) is 12.3 Å². The Morgan fingerprint density at radius 3 is 2.67 bits per heavy atom. The first kappa shape index (κ1) is 23.3. The van der Waals surface area contributed by atoms with E-state index in [1.807, 2.05) is 6.92 Å². The highest BCUT2D eigenvalue weighted by atomic mass is 16.5. The predicted octanol–water partition coefficient (Wildman–Crippen LogP) is 2.34. The van der Waals surface area contributed by atoms with Gasteiger partial charge in [0.15, 0.2) is 0 Å². The molecule has 0 heterocycles. The Morgan fingerprint density at radius 1 is 1.30 bits per heavy atom. The maximum absolute atomic E-state index is 12.9. The fraction of sp³-hybridized carbons (Fsp3) is 0.750. The van der Waals surface area contributed by atoms with Crippen LogP contribution < -0.4 is 5.32 Å². The highest BCUT2D eigenvalue weighted by Crippen LogP contribution is 2.33. The molecule has 1 aliphatic carbocycles. The van der Waals surface area contributed by atoms with Crippen LogP contribution in [0, 0.1) is 11.3 Å². The molecule has 2 N–H and O–H groups in total. The molecule has 1 aliphatic rings. The number of aldehydes is 1. The first-order chi connectivity index (χ1) is 12.9. The zero-order valence-corrected chi connectivity index (χ0v) is 16.4. The molecule has 0 aromatic rings. The molecule has 3 atom stereocenters. The van der Waals surface area contributed by atoms with Gasteiger partial charge >= 0.3 is 5.97 Å². The molecule has 0 fully saturated rings. The minimum atomic E-state index is -0.929. The number of carboxylic acids is 1. The van der Waals surface area contributed by atoms with Gasteiger partial charge < -0.3 is 24.7 Å². The topological polar surface area (TPSA) is 102 Å². The van der Waals surface area contributed by atoms with Gasteiger partial charge in [-0.1, -0.05) is 26.0 Å². The van der Waals surface area contributed by atoms with E-state index in [1.165, 1.54) is 0 Å². The lowest BCUT2D eigenvalue weighted by Crippen LogP contribution is -2.48. The largest absolute Gasteiger partial charge is 0.481 e. The van der Waals surface area contributed by atoms with Crippen molar-refractivity contribution < 1.29 is 29.0 Å². The van der Waals surface area contributed by atoms with Crippen molar-refractivity contribution in [3.05, 3.63) is 12.2 Å². The molecule has 0 aliphatic heterocycles. The summed E-state index contributed by atoms with van der Waals surface area (Å²) in [4.78, 5) is 33.9. The second-order valence-electron chi connectivity index (χ2n) is 7.46. The molecule has 3 unspecified atom stereocenters. The number of hydrogen-bond acceptors (Lipinski definition) is 5. The van der Waals surface area contributed by atoms with E-state index in [-0.39, 0.29) is 44.8 Å². The maximum atomic E-state index is 12.9. The number of aliphatic carboxylic acids is 1. The SMILES string of the molecule is CC1/C=C/CCC(C)(C(=O)NC(COCCC=O)COCCC(=O)O)CC1. The summed E-state index contributed by atoms with van der Waals surface area (Å²) in [7, 11) is 0. The van der Waals surface area contributed by atoms with Crippen molar-refractivity contribution >= 4 is 18.2 Å². The Morgan fingerprint density at radius 2 is 2.00 bits per heavy atom. The Labute approximate surface area is 161 Å². The molecule has 0 radical (unpaired) electrons. The molecular formula is C20H33NO6. The molecule has 1 amide bonds. The summed E-state index contributed by atoms with van der Waals surface area (Å²) >= 11 is 0. The quantitative estimate of drug-likeness (QED) is 0.305. The molecule has 0 saturated carbocycles. The lowest BCUT2D eigenvalue weighted by Gasteiger charge is -2.32. The van der Waals surface area contributed by atoms with Crippen LogP contribution in [0.25, 0.3) is 0 Å². The molecule has 27 heavy (non-hydrogen) atoms. The van der Waals surface area contributed by atoms with Crippen LogP contribution in [-0.4, -0.2) is 55.7 Å². The number of carbonyl (C=O) groups is 3. The Bertz CT molecular complexity index is 507. The van der Waals surface area contributed by atoms with Crippen LogP contribution in [-0.2, 0) is 23.9 Å². The number of ether oxygens (including phenoxy) is 2. The molecule has 154 valence electrons. The van der Waals surface area contributed by atoms with Gasteiger partial charge in [0.1, 0.15) is 6.29 Å². The van der Waals surface area contributed by atoms with E-state index in [0.717, 1.165) is 32.0 Å².